The van der Waals surface area contributed by atoms with Crippen molar-refractivity contribution in [3.05, 3.63) is 48.6 Å². The summed E-state index contributed by atoms with van der Waals surface area (Å²) in [5, 5.41) is 0. The monoisotopic (exact) mass is 1050 g/mol. The molecule has 0 bridgehead atoms. The van der Waals surface area contributed by atoms with Crippen LogP contribution in [0.3, 0.4) is 0 Å². The van der Waals surface area contributed by atoms with E-state index in [4.69, 9.17) is 14.2 Å². The van der Waals surface area contributed by atoms with E-state index in [2.05, 4.69) is 69.4 Å². The van der Waals surface area contributed by atoms with Crippen LogP contribution in [0.15, 0.2) is 48.6 Å². The molecule has 1 atom stereocenters. The lowest BCUT2D eigenvalue weighted by atomic mass is 10.0. The number of carbonyl (C=O) groups is 3. The first-order valence-electron chi connectivity index (χ1n) is 33.1. The lowest BCUT2D eigenvalue weighted by molar-refractivity contribution is -0.167. The molecule has 0 aromatic rings. The number of hydrogen-bond acceptors (Lipinski definition) is 6. The first kappa shape index (κ1) is 72.4. The Morgan fingerprint density at radius 1 is 0.267 bits per heavy atom. The Morgan fingerprint density at radius 2 is 0.480 bits per heavy atom. The standard InChI is InChI=1S/C69H126O6/c1-4-7-10-13-16-19-22-25-28-30-31-32-33-34-35-36-37-38-39-42-44-47-50-53-56-59-62-68(71)74-65-66(64-73-67(70)61-58-55-52-49-46-43-40-27-24-21-18-15-12-9-6-3)75-69(72)63-60-57-54-51-48-45-41-29-26-23-20-17-14-11-8-5-2/h18,20-21,23,27,29,40-41,66H,4-17,19,22,24-26,28,30-39,42-65H2,1-3H3/b21-18-,23-20-,40-27-,41-29-. The van der Waals surface area contributed by atoms with Crippen molar-refractivity contribution in [2.45, 2.75) is 361 Å². The summed E-state index contributed by atoms with van der Waals surface area (Å²) >= 11 is 0. The maximum Gasteiger partial charge on any atom is 0.306 e. The fraction of sp³-hybridized carbons (Fsp3) is 0.841. The van der Waals surface area contributed by atoms with Crippen molar-refractivity contribution in [2.24, 2.45) is 0 Å². The number of rotatable bonds is 61. The third-order valence-electron chi connectivity index (χ3n) is 14.8. The van der Waals surface area contributed by atoms with Gasteiger partial charge in [-0.05, 0) is 83.5 Å². The molecule has 0 amide bonds. The number of hydrogen-bond donors (Lipinski definition) is 0. The number of carbonyl (C=O) groups excluding carboxylic acids is 3. The highest BCUT2D eigenvalue weighted by atomic mass is 16.6. The van der Waals surface area contributed by atoms with E-state index in [9.17, 15) is 14.4 Å². The summed E-state index contributed by atoms with van der Waals surface area (Å²) in [6.45, 7) is 6.63. The maximum absolute atomic E-state index is 12.9. The lowest BCUT2D eigenvalue weighted by Crippen LogP contribution is -2.30. The van der Waals surface area contributed by atoms with Gasteiger partial charge in [0.15, 0.2) is 6.10 Å². The molecule has 0 rings (SSSR count). The van der Waals surface area contributed by atoms with Gasteiger partial charge in [-0.15, -0.1) is 0 Å². The molecule has 6 nitrogen and oxygen atoms in total. The fourth-order valence-corrected chi connectivity index (χ4v) is 9.80. The molecule has 0 saturated heterocycles. The molecule has 0 radical (unpaired) electrons. The highest BCUT2D eigenvalue weighted by molar-refractivity contribution is 5.71. The molecule has 0 saturated carbocycles. The summed E-state index contributed by atoms with van der Waals surface area (Å²) < 4.78 is 16.9. The molecule has 0 aromatic carbocycles. The minimum absolute atomic E-state index is 0.0801. The topological polar surface area (TPSA) is 78.9 Å². The van der Waals surface area contributed by atoms with Crippen LogP contribution in [0.1, 0.15) is 355 Å². The van der Waals surface area contributed by atoms with Gasteiger partial charge in [0.05, 0.1) is 0 Å². The van der Waals surface area contributed by atoms with E-state index in [0.717, 1.165) is 103 Å². The van der Waals surface area contributed by atoms with E-state index < -0.39 is 6.10 Å². The number of allylic oxidation sites excluding steroid dienone is 8. The van der Waals surface area contributed by atoms with Gasteiger partial charge in [0.2, 0.25) is 0 Å². The average molecular weight is 1050 g/mol. The SMILES string of the molecule is CCCCC/C=C\C/C=C\CCCCCCCC(=O)OCC(COC(=O)CCCCCCCCCCCCCCCCCCCCCCCCCCCC)OC(=O)CCCCCCC/C=C\C/C=C\CCCCCC. The molecule has 0 aliphatic carbocycles. The van der Waals surface area contributed by atoms with Crippen molar-refractivity contribution in [1.29, 1.82) is 0 Å². The third-order valence-corrected chi connectivity index (χ3v) is 14.8. The largest absolute Gasteiger partial charge is 0.462 e. The molecule has 0 aromatic heterocycles. The fourth-order valence-electron chi connectivity index (χ4n) is 9.80. The molecule has 438 valence electrons. The number of unbranched alkanes of at least 4 members (excludes halogenated alkanes) is 42. The molecule has 6 heteroatoms. The van der Waals surface area contributed by atoms with Gasteiger partial charge in [0, 0.05) is 19.3 Å². The number of ether oxygens (including phenoxy) is 3. The Balaban J connectivity index is 4.26. The zero-order valence-corrected chi connectivity index (χ0v) is 50.3. The van der Waals surface area contributed by atoms with E-state index in [0.29, 0.717) is 19.3 Å². The van der Waals surface area contributed by atoms with Crippen LogP contribution in [0.5, 0.6) is 0 Å². The molecule has 0 aliphatic heterocycles. The number of esters is 3. The van der Waals surface area contributed by atoms with Gasteiger partial charge in [-0.2, -0.15) is 0 Å². The Kier molecular flexibility index (Phi) is 61.7. The Hall–Kier alpha value is -2.63. The van der Waals surface area contributed by atoms with E-state index in [-0.39, 0.29) is 31.1 Å². The molecule has 0 heterocycles. The predicted molar refractivity (Wildman–Crippen MR) is 325 cm³/mol. The van der Waals surface area contributed by atoms with Gasteiger partial charge in [-0.3, -0.25) is 14.4 Å². The highest BCUT2D eigenvalue weighted by Gasteiger charge is 2.19. The smallest absolute Gasteiger partial charge is 0.306 e. The normalized spacial score (nSPS) is 12.3. The summed E-state index contributed by atoms with van der Waals surface area (Å²) in [5.74, 6) is -0.888. The molecule has 75 heavy (non-hydrogen) atoms. The van der Waals surface area contributed by atoms with Gasteiger partial charge in [-0.1, -0.05) is 301 Å². The van der Waals surface area contributed by atoms with Crippen LogP contribution in [0, 0.1) is 0 Å². The van der Waals surface area contributed by atoms with Crippen LogP contribution in [0.25, 0.3) is 0 Å². The second-order valence-corrected chi connectivity index (χ2v) is 22.4. The summed E-state index contributed by atoms with van der Waals surface area (Å²) in [7, 11) is 0. The minimum atomic E-state index is -0.786. The van der Waals surface area contributed by atoms with Crippen molar-refractivity contribution in [2.75, 3.05) is 13.2 Å². The molecule has 0 aliphatic rings. The Morgan fingerprint density at radius 3 is 0.773 bits per heavy atom. The summed E-state index contributed by atoms with van der Waals surface area (Å²) in [5.41, 5.74) is 0. The summed E-state index contributed by atoms with van der Waals surface area (Å²) in [4.78, 5) is 38.3. The van der Waals surface area contributed by atoms with Crippen LogP contribution in [0.2, 0.25) is 0 Å². The van der Waals surface area contributed by atoms with Crippen molar-refractivity contribution in [3.8, 4) is 0 Å². The summed E-state index contributed by atoms with van der Waals surface area (Å²) in [6, 6.07) is 0. The lowest BCUT2D eigenvalue weighted by Gasteiger charge is -2.18. The minimum Gasteiger partial charge on any atom is -0.462 e. The van der Waals surface area contributed by atoms with E-state index in [1.54, 1.807) is 0 Å². The molecular formula is C69H126O6. The van der Waals surface area contributed by atoms with Gasteiger partial charge in [0.25, 0.3) is 0 Å². The van der Waals surface area contributed by atoms with Crippen molar-refractivity contribution < 1.29 is 28.6 Å². The highest BCUT2D eigenvalue weighted by Crippen LogP contribution is 2.18. The van der Waals surface area contributed by atoms with Crippen molar-refractivity contribution >= 4 is 17.9 Å². The molecular weight excluding hydrogens is 925 g/mol. The third kappa shape index (κ3) is 62.1. The molecule has 0 spiro atoms. The van der Waals surface area contributed by atoms with Crippen LogP contribution in [0.4, 0.5) is 0 Å². The van der Waals surface area contributed by atoms with Crippen molar-refractivity contribution in [3.63, 3.8) is 0 Å². The van der Waals surface area contributed by atoms with Gasteiger partial charge >= 0.3 is 17.9 Å². The summed E-state index contributed by atoms with van der Waals surface area (Å²) in [6.07, 6.45) is 79.9. The second kappa shape index (κ2) is 63.9. The van der Waals surface area contributed by atoms with Crippen LogP contribution < -0.4 is 0 Å². The van der Waals surface area contributed by atoms with E-state index in [1.165, 1.54) is 212 Å². The van der Waals surface area contributed by atoms with Crippen LogP contribution in [-0.2, 0) is 28.6 Å². The van der Waals surface area contributed by atoms with Gasteiger partial charge < -0.3 is 14.2 Å². The quantitative estimate of drug-likeness (QED) is 0.0261. The first-order chi connectivity index (χ1) is 37.0. The molecule has 1 unspecified atom stereocenters. The first-order valence-corrected chi connectivity index (χ1v) is 33.1. The van der Waals surface area contributed by atoms with Gasteiger partial charge in [-0.25, -0.2) is 0 Å². The van der Waals surface area contributed by atoms with E-state index in [1.807, 2.05) is 0 Å². The Bertz CT molecular complexity index is 1300. The second-order valence-electron chi connectivity index (χ2n) is 22.4. The molecule has 0 fully saturated rings. The average Bonchev–Trinajstić information content (AvgIpc) is 3.41. The Labute approximate surface area is 467 Å². The van der Waals surface area contributed by atoms with Crippen LogP contribution in [-0.4, -0.2) is 37.2 Å². The maximum atomic E-state index is 12.9. The predicted octanol–water partition coefficient (Wildman–Crippen LogP) is 22.6. The molecule has 0 N–H and O–H groups in total. The van der Waals surface area contributed by atoms with E-state index >= 15 is 0 Å². The zero-order valence-electron chi connectivity index (χ0n) is 50.3. The van der Waals surface area contributed by atoms with Crippen molar-refractivity contribution in [1.82, 2.24) is 0 Å². The van der Waals surface area contributed by atoms with Crippen LogP contribution >= 0.6 is 0 Å². The van der Waals surface area contributed by atoms with Gasteiger partial charge in [0.1, 0.15) is 13.2 Å². The zero-order chi connectivity index (χ0) is 54.3.